The van der Waals surface area contributed by atoms with Crippen LogP contribution in [-0.4, -0.2) is 15.0 Å². The fourth-order valence-electron chi connectivity index (χ4n) is 6.57. The minimum atomic E-state index is 0.782. The lowest BCUT2D eigenvalue weighted by atomic mass is 10.0. The molecule has 4 heterocycles. The second-order valence-corrected chi connectivity index (χ2v) is 11.6. The number of aromatic amines is 1. The van der Waals surface area contributed by atoms with E-state index in [0.29, 0.717) is 0 Å². The molecule has 5 heteroatoms. The van der Waals surface area contributed by atoms with Crippen molar-refractivity contribution >= 4 is 62.7 Å². The molecule has 47 heavy (non-hydrogen) atoms. The largest absolute Gasteiger partial charge is 0.354 e. The van der Waals surface area contributed by atoms with Gasteiger partial charge in [0.1, 0.15) is 11.6 Å². The third kappa shape index (κ3) is 4.73. The number of nitrogens with one attached hydrogen (secondary N) is 2. The van der Waals surface area contributed by atoms with Gasteiger partial charge in [0.25, 0.3) is 0 Å². The van der Waals surface area contributed by atoms with Gasteiger partial charge in [0, 0.05) is 38.8 Å². The van der Waals surface area contributed by atoms with Gasteiger partial charge in [0.2, 0.25) is 0 Å². The van der Waals surface area contributed by atoms with Crippen molar-refractivity contribution in [1.82, 2.24) is 15.0 Å². The molecule has 0 saturated heterocycles. The Morgan fingerprint density at radius 3 is 1.94 bits per heavy atom. The van der Waals surface area contributed by atoms with E-state index in [1.54, 1.807) is 0 Å². The number of rotatable bonds is 5. The van der Waals surface area contributed by atoms with E-state index in [4.69, 9.17) is 9.97 Å². The first kappa shape index (κ1) is 26.9. The zero-order chi connectivity index (χ0) is 31.2. The number of hydrogen-bond acceptors (Lipinski definition) is 4. The van der Waals surface area contributed by atoms with Crippen molar-refractivity contribution in [3.8, 4) is 22.5 Å². The molecule has 0 saturated carbocycles. The molecule has 0 spiro atoms. The van der Waals surface area contributed by atoms with Crippen molar-refractivity contribution in [3.05, 3.63) is 163 Å². The van der Waals surface area contributed by atoms with Crippen LogP contribution in [0.4, 0.5) is 28.7 Å². The molecule has 1 aliphatic heterocycles. The molecule has 8 aromatic rings. The highest BCUT2D eigenvalue weighted by Crippen LogP contribution is 2.40. The van der Waals surface area contributed by atoms with Gasteiger partial charge in [-0.25, -0.2) is 9.97 Å². The van der Waals surface area contributed by atoms with Crippen LogP contribution in [0, 0.1) is 0 Å². The summed E-state index contributed by atoms with van der Waals surface area (Å²) in [5.74, 6) is 1.57. The van der Waals surface area contributed by atoms with Crippen molar-refractivity contribution in [1.29, 1.82) is 0 Å². The maximum Gasteiger partial charge on any atom is 0.139 e. The number of nitrogens with zero attached hydrogens (tertiary/aromatic N) is 3. The van der Waals surface area contributed by atoms with Gasteiger partial charge < -0.3 is 10.3 Å². The third-order valence-corrected chi connectivity index (χ3v) is 8.79. The highest BCUT2D eigenvalue weighted by Gasteiger charge is 2.20. The summed E-state index contributed by atoms with van der Waals surface area (Å²) in [5, 5.41) is 6.10. The molecule has 2 N–H and O–H groups in total. The predicted octanol–water partition coefficient (Wildman–Crippen LogP) is 11.1. The number of H-pyrrole nitrogens is 1. The van der Waals surface area contributed by atoms with Gasteiger partial charge in [0.05, 0.1) is 22.6 Å². The lowest BCUT2D eigenvalue weighted by Crippen LogP contribution is -2.13. The average Bonchev–Trinajstić information content (AvgIpc) is 3.40. The number of para-hydroxylation sites is 5. The van der Waals surface area contributed by atoms with E-state index in [1.807, 2.05) is 30.3 Å². The van der Waals surface area contributed by atoms with E-state index in [1.165, 1.54) is 10.8 Å². The first-order valence-electron chi connectivity index (χ1n) is 15.8. The van der Waals surface area contributed by atoms with E-state index >= 15 is 0 Å². The second-order valence-electron chi connectivity index (χ2n) is 11.6. The molecule has 3 aromatic heterocycles. The van der Waals surface area contributed by atoms with Gasteiger partial charge >= 0.3 is 0 Å². The summed E-state index contributed by atoms with van der Waals surface area (Å²) in [7, 11) is 0. The SMILES string of the molecule is C1=Cc2cccc(-c3cccc(N(c4ccccc4)c4cccc(-c5cccc6c5[nH]c5ccccc56)n4)n3)c2Nc2ccccc21. The Morgan fingerprint density at radius 1 is 0.468 bits per heavy atom. The Bertz CT molecular complexity index is 2460. The summed E-state index contributed by atoms with van der Waals surface area (Å²) >= 11 is 0. The molecule has 0 unspecified atom stereocenters. The summed E-state index contributed by atoms with van der Waals surface area (Å²) in [6.07, 6.45) is 4.33. The van der Waals surface area contributed by atoms with Crippen LogP contribution >= 0.6 is 0 Å². The van der Waals surface area contributed by atoms with Crippen LogP contribution < -0.4 is 10.2 Å². The molecule has 1 aliphatic rings. The normalized spacial score (nSPS) is 11.9. The molecule has 5 aromatic carbocycles. The molecule has 0 fully saturated rings. The zero-order valence-corrected chi connectivity index (χ0v) is 25.4. The Balaban J connectivity index is 1.17. The van der Waals surface area contributed by atoms with E-state index in [2.05, 4.69) is 149 Å². The highest BCUT2D eigenvalue weighted by molar-refractivity contribution is 6.11. The standard InChI is InChI=1S/C42H29N5/c1-2-14-30(15-3-1)47(40-25-11-23-38(44-40)34-19-9-17-32-31-16-5-7-21-36(31)46-42(32)34)39-24-10-22-37(43-39)33-18-8-13-29-27-26-28-12-4-6-20-35(28)45-41(29)33/h1-27,45-46H. The van der Waals surface area contributed by atoms with Crippen LogP contribution in [0.5, 0.6) is 0 Å². The average molecular weight is 604 g/mol. The second kappa shape index (κ2) is 11.2. The van der Waals surface area contributed by atoms with Crippen LogP contribution in [0.25, 0.3) is 56.5 Å². The quantitative estimate of drug-likeness (QED) is 0.205. The maximum atomic E-state index is 5.29. The van der Waals surface area contributed by atoms with Gasteiger partial charge in [-0.2, -0.15) is 0 Å². The van der Waals surface area contributed by atoms with E-state index in [0.717, 1.165) is 73.4 Å². The van der Waals surface area contributed by atoms with E-state index in [-0.39, 0.29) is 0 Å². The Hall–Kier alpha value is -6.46. The fraction of sp³-hybridized carbons (Fsp3) is 0. The number of benzene rings is 5. The molecule has 0 aliphatic carbocycles. The smallest absolute Gasteiger partial charge is 0.139 e. The number of aromatic nitrogens is 3. The van der Waals surface area contributed by atoms with Crippen molar-refractivity contribution in [3.63, 3.8) is 0 Å². The lowest BCUT2D eigenvalue weighted by molar-refractivity contribution is 1.13. The summed E-state index contributed by atoms with van der Waals surface area (Å²) in [6, 6.07) is 52.3. The van der Waals surface area contributed by atoms with Crippen molar-refractivity contribution in [2.24, 2.45) is 0 Å². The maximum absolute atomic E-state index is 5.29. The minimum absolute atomic E-state index is 0.782. The Kier molecular flexibility index (Phi) is 6.39. The first-order valence-corrected chi connectivity index (χ1v) is 15.8. The van der Waals surface area contributed by atoms with Gasteiger partial charge in [-0.3, -0.25) is 4.90 Å². The number of anilines is 5. The highest BCUT2D eigenvalue weighted by atomic mass is 15.2. The van der Waals surface area contributed by atoms with Crippen LogP contribution in [-0.2, 0) is 0 Å². The molecular weight excluding hydrogens is 574 g/mol. The first-order chi connectivity index (χ1) is 23.3. The molecule has 9 rings (SSSR count). The van der Waals surface area contributed by atoms with Crippen molar-refractivity contribution in [2.45, 2.75) is 0 Å². The molecule has 5 nitrogen and oxygen atoms in total. The molecule has 0 radical (unpaired) electrons. The number of hydrogen-bond donors (Lipinski definition) is 2. The van der Waals surface area contributed by atoms with Gasteiger partial charge in [0.15, 0.2) is 0 Å². The zero-order valence-electron chi connectivity index (χ0n) is 25.4. The Labute approximate surface area is 272 Å². The summed E-state index contributed by atoms with van der Waals surface area (Å²) < 4.78 is 0. The minimum Gasteiger partial charge on any atom is -0.354 e. The summed E-state index contributed by atoms with van der Waals surface area (Å²) in [5.41, 5.74) is 11.4. The molecule has 0 bridgehead atoms. The number of fused-ring (bicyclic) bond motifs is 5. The number of pyridine rings is 2. The van der Waals surface area contributed by atoms with Crippen molar-refractivity contribution < 1.29 is 0 Å². The molecule has 222 valence electrons. The fourth-order valence-corrected chi connectivity index (χ4v) is 6.57. The van der Waals surface area contributed by atoms with Crippen LogP contribution in [0.1, 0.15) is 11.1 Å². The summed E-state index contributed by atoms with van der Waals surface area (Å²) in [6.45, 7) is 0. The monoisotopic (exact) mass is 603 g/mol. The lowest BCUT2D eigenvalue weighted by Gasteiger charge is -2.24. The van der Waals surface area contributed by atoms with Crippen LogP contribution in [0.2, 0.25) is 0 Å². The molecule has 0 atom stereocenters. The van der Waals surface area contributed by atoms with E-state index in [9.17, 15) is 0 Å². The topological polar surface area (TPSA) is 56.8 Å². The Morgan fingerprint density at radius 2 is 1.09 bits per heavy atom. The van der Waals surface area contributed by atoms with Gasteiger partial charge in [-0.05, 0) is 59.7 Å². The van der Waals surface area contributed by atoms with Gasteiger partial charge in [-0.1, -0.05) is 115 Å². The summed E-state index contributed by atoms with van der Waals surface area (Å²) in [4.78, 5) is 16.3. The van der Waals surface area contributed by atoms with Crippen molar-refractivity contribution in [2.75, 3.05) is 10.2 Å². The van der Waals surface area contributed by atoms with E-state index < -0.39 is 0 Å². The molecule has 0 amide bonds. The molecular formula is C42H29N5. The predicted molar refractivity (Wildman–Crippen MR) is 196 cm³/mol. The van der Waals surface area contributed by atoms with Gasteiger partial charge in [-0.15, -0.1) is 0 Å². The van der Waals surface area contributed by atoms with Crippen LogP contribution in [0.15, 0.2) is 152 Å². The van der Waals surface area contributed by atoms with Crippen LogP contribution in [0.3, 0.4) is 0 Å². The third-order valence-electron chi connectivity index (χ3n) is 8.79.